The van der Waals surface area contributed by atoms with Crippen molar-refractivity contribution in [2.24, 2.45) is 0 Å². The van der Waals surface area contributed by atoms with Crippen LogP contribution in [0.15, 0.2) is 41.1 Å². The lowest BCUT2D eigenvalue weighted by Gasteiger charge is -2.09. The fourth-order valence-electron chi connectivity index (χ4n) is 2.08. The number of aromatic carboxylic acids is 1. The molecular formula is C14H8BrClN4O2S. The van der Waals surface area contributed by atoms with Gasteiger partial charge in [0.2, 0.25) is 0 Å². The standard InChI is InChI=1S/C14H8BrClN4O2S/c15-8-3-7(5-17-6-8)12-18-19-14(23)20(12)9-1-2-11(16)10(4-9)13(21)22/h1-6H,(H,19,23)(H,21,22). The maximum absolute atomic E-state index is 11.3. The summed E-state index contributed by atoms with van der Waals surface area (Å²) in [5.74, 6) is -0.597. The Morgan fingerprint density at radius 1 is 1.35 bits per heavy atom. The lowest BCUT2D eigenvalue weighted by atomic mass is 10.2. The first-order valence-corrected chi connectivity index (χ1v) is 7.87. The van der Waals surface area contributed by atoms with Crippen LogP contribution < -0.4 is 0 Å². The van der Waals surface area contributed by atoms with Crippen LogP contribution in [-0.2, 0) is 0 Å². The highest BCUT2D eigenvalue weighted by atomic mass is 79.9. The van der Waals surface area contributed by atoms with E-state index in [2.05, 4.69) is 31.1 Å². The van der Waals surface area contributed by atoms with E-state index in [1.165, 1.54) is 12.1 Å². The zero-order chi connectivity index (χ0) is 16.6. The van der Waals surface area contributed by atoms with Gasteiger partial charge in [0.05, 0.1) is 16.3 Å². The Balaban J connectivity index is 2.22. The van der Waals surface area contributed by atoms with E-state index in [9.17, 15) is 9.90 Å². The molecule has 0 atom stereocenters. The number of hydrogen-bond acceptors (Lipinski definition) is 4. The molecule has 0 spiro atoms. The minimum Gasteiger partial charge on any atom is -0.478 e. The van der Waals surface area contributed by atoms with E-state index in [0.29, 0.717) is 16.3 Å². The van der Waals surface area contributed by atoms with Crippen molar-refractivity contribution in [2.45, 2.75) is 0 Å². The SMILES string of the molecule is O=C(O)c1cc(-n2c(-c3cncc(Br)c3)n[nH]c2=S)ccc1Cl. The molecule has 0 bridgehead atoms. The van der Waals surface area contributed by atoms with Crippen molar-refractivity contribution in [3.8, 4) is 17.1 Å². The third-order valence-corrected chi connectivity index (χ3v) is 4.11. The lowest BCUT2D eigenvalue weighted by Crippen LogP contribution is -2.03. The Bertz CT molecular complexity index is 969. The lowest BCUT2D eigenvalue weighted by molar-refractivity contribution is 0.0697. The Hall–Kier alpha value is -2.03. The molecule has 2 heterocycles. The molecule has 2 N–H and O–H groups in total. The quantitative estimate of drug-likeness (QED) is 0.634. The minimum absolute atomic E-state index is 0.00872. The molecule has 0 aliphatic heterocycles. The predicted molar refractivity (Wildman–Crippen MR) is 91.6 cm³/mol. The van der Waals surface area contributed by atoms with Crippen molar-refractivity contribution < 1.29 is 9.90 Å². The summed E-state index contributed by atoms with van der Waals surface area (Å²) in [6, 6.07) is 6.47. The topological polar surface area (TPSA) is 83.8 Å². The van der Waals surface area contributed by atoms with Crippen LogP contribution in [0.25, 0.3) is 17.1 Å². The summed E-state index contributed by atoms with van der Waals surface area (Å²) in [4.78, 5) is 15.4. The average Bonchev–Trinajstić information content (AvgIpc) is 2.89. The van der Waals surface area contributed by atoms with Gasteiger partial charge in [-0.15, -0.1) is 0 Å². The van der Waals surface area contributed by atoms with E-state index in [0.717, 1.165) is 10.0 Å². The van der Waals surface area contributed by atoms with Gasteiger partial charge in [-0.25, -0.2) is 4.79 Å². The van der Waals surface area contributed by atoms with Crippen LogP contribution in [0.5, 0.6) is 0 Å². The third-order valence-electron chi connectivity index (χ3n) is 3.07. The number of aromatic nitrogens is 4. The molecule has 0 unspecified atom stereocenters. The summed E-state index contributed by atoms with van der Waals surface area (Å²) in [5.41, 5.74) is 1.25. The number of carboxylic acids is 1. The zero-order valence-corrected chi connectivity index (χ0v) is 14.5. The molecule has 0 saturated heterocycles. The van der Waals surface area contributed by atoms with Crippen LogP contribution in [0.2, 0.25) is 5.02 Å². The summed E-state index contributed by atoms with van der Waals surface area (Å²) >= 11 is 14.5. The van der Waals surface area contributed by atoms with Crippen molar-refractivity contribution in [2.75, 3.05) is 0 Å². The molecule has 0 radical (unpaired) electrons. The van der Waals surface area contributed by atoms with E-state index >= 15 is 0 Å². The van der Waals surface area contributed by atoms with E-state index in [1.54, 1.807) is 23.0 Å². The number of aromatic amines is 1. The van der Waals surface area contributed by atoms with Gasteiger partial charge >= 0.3 is 5.97 Å². The zero-order valence-electron chi connectivity index (χ0n) is 11.3. The number of halogens is 2. The molecule has 2 aromatic heterocycles. The van der Waals surface area contributed by atoms with Gasteiger partial charge in [-0.2, -0.15) is 5.10 Å². The molecule has 9 heteroatoms. The number of benzene rings is 1. The second kappa shape index (κ2) is 6.23. The van der Waals surface area contributed by atoms with E-state index in [-0.39, 0.29) is 10.6 Å². The van der Waals surface area contributed by atoms with Gasteiger partial charge in [0.1, 0.15) is 0 Å². The fraction of sp³-hybridized carbons (Fsp3) is 0. The van der Waals surface area contributed by atoms with Crippen LogP contribution in [0.4, 0.5) is 0 Å². The molecule has 6 nitrogen and oxygen atoms in total. The minimum atomic E-state index is -1.11. The molecular weight excluding hydrogens is 404 g/mol. The summed E-state index contributed by atoms with van der Waals surface area (Å²) < 4.78 is 2.75. The first-order chi connectivity index (χ1) is 11.0. The summed E-state index contributed by atoms with van der Waals surface area (Å²) in [7, 11) is 0. The van der Waals surface area contributed by atoms with Crippen molar-refractivity contribution in [1.29, 1.82) is 0 Å². The summed E-state index contributed by atoms with van der Waals surface area (Å²) in [6.07, 6.45) is 3.29. The highest BCUT2D eigenvalue weighted by Gasteiger charge is 2.15. The molecule has 116 valence electrons. The number of pyridine rings is 1. The fourth-order valence-corrected chi connectivity index (χ4v) is 2.88. The largest absolute Gasteiger partial charge is 0.478 e. The van der Waals surface area contributed by atoms with Crippen LogP contribution in [-0.4, -0.2) is 30.8 Å². The van der Waals surface area contributed by atoms with Crippen molar-refractivity contribution >= 4 is 45.7 Å². The number of carbonyl (C=O) groups is 1. The number of H-pyrrole nitrogens is 1. The maximum atomic E-state index is 11.3. The number of carboxylic acid groups (broad SMARTS) is 1. The van der Waals surface area contributed by atoms with Crippen LogP contribution in [0.3, 0.4) is 0 Å². The molecule has 0 saturated carbocycles. The van der Waals surface area contributed by atoms with Gasteiger partial charge in [0.15, 0.2) is 10.6 Å². The van der Waals surface area contributed by atoms with E-state index < -0.39 is 5.97 Å². The first-order valence-electron chi connectivity index (χ1n) is 6.29. The van der Waals surface area contributed by atoms with Crippen molar-refractivity contribution in [3.63, 3.8) is 0 Å². The van der Waals surface area contributed by atoms with Gasteiger partial charge in [-0.05, 0) is 52.4 Å². The van der Waals surface area contributed by atoms with E-state index in [4.69, 9.17) is 23.8 Å². The smallest absolute Gasteiger partial charge is 0.337 e. The Morgan fingerprint density at radius 2 is 2.13 bits per heavy atom. The molecule has 3 rings (SSSR count). The Kier molecular flexibility index (Phi) is 4.29. The molecule has 0 aliphatic carbocycles. The average molecular weight is 412 g/mol. The van der Waals surface area contributed by atoms with Crippen molar-refractivity contribution in [3.05, 3.63) is 56.5 Å². The summed E-state index contributed by atoms with van der Waals surface area (Å²) in [6.45, 7) is 0. The highest BCUT2D eigenvalue weighted by molar-refractivity contribution is 9.10. The third kappa shape index (κ3) is 3.05. The number of rotatable bonds is 3. The van der Waals surface area contributed by atoms with Gasteiger partial charge in [-0.3, -0.25) is 14.6 Å². The van der Waals surface area contributed by atoms with Gasteiger partial charge in [0.25, 0.3) is 0 Å². The molecule has 3 aromatic rings. The molecule has 0 aliphatic rings. The van der Waals surface area contributed by atoms with Crippen LogP contribution in [0.1, 0.15) is 10.4 Å². The van der Waals surface area contributed by atoms with E-state index in [1.807, 2.05) is 6.07 Å². The second-order valence-corrected chi connectivity index (χ2v) is 6.26. The monoisotopic (exact) mass is 410 g/mol. The Labute approximate surface area is 148 Å². The van der Waals surface area contributed by atoms with Crippen LogP contribution >= 0.6 is 39.7 Å². The molecule has 0 amide bonds. The van der Waals surface area contributed by atoms with Crippen LogP contribution in [0, 0.1) is 4.77 Å². The van der Waals surface area contributed by atoms with Gasteiger partial charge in [-0.1, -0.05) is 11.6 Å². The number of nitrogens with zero attached hydrogens (tertiary/aromatic N) is 3. The van der Waals surface area contributed by atoms with Crippen molar-refractivity contribution in [1.82, 2.24) is 19.7 Å². The number of nitrogens with one attached hydrogen (secondary N) is 1. The molecule has 23 heavy (non-hydrogen) atoms. The predicted octanol–water partition coefficient (Wildman–Crippen LogP) is 4.11. The number of hydrogen-bond donors (Lipinski definition) is 2. The second-order valence-electron chi connectivity index (χ2n) is 4.55. The maximum Gasteiger partial charge on any atom is 0.337 e. The Morgan fingerprint density at radius 3 is 2.83 bits per heavy atom. The van der Waals surface area contributed by atoms with Gasteiger partial charge < -0.3 is 5.11 Å². The molecule has 0 fully saturated rings. The summed E-state index contributed by atoms with van der Waals surface area (Å²) in [5, 5.41) is 16.3. The van der Waals surface area contributed by atoms with Gasteiger partial charge in [0, 0.05) is 22.4 Å². The highest BCUT2D eigenvalue weighted by Crippen LogP contribution is 2.26. The normalized spacial score (nSPS) is 10.7. The first kappa shape index (κ1) is 15.9. The molecule has 1 aromatic carbocycles.